The van der Waals surface area contributed by atoms with E-state index < -0.39 is 0 Å². The SMILES string of the molecule is CC(C)C1=[N+](Cc2ccccc2)[C@@H](c2ccccc2)[C@@H]2CCC[C@H]12. The summed E-state index contributed by atoms with van der Waals surface area (Å²) in [4.78, 5) is 0. The summed E-state index contributed by atoms with van der Waals surface area (Å²) in [7, 11) is 0. The summed E-state index contributed by atoms with van der Waals surface area (Å²) in [6.45, 7) is 5.81. The Morgan fingerprint density at radius 3 is 2.25 bits per heavy atom. The van der Waals surface area contributed by atoms with Gasteiger partial charge in [-0.2, -0.15) is 0 Å². The fourth-order valence-corrected chi connectivity index (χ4v) is 5.15. The monoisotopic (exact) mass is 318 g/mol. The number of fused-ring (bicyclic) bond motifs is 1. The molecule has 1 heteroatoms. The van der Waals surface area contributed by atoms with Gasteiger partial charge in [0.15, 0.2) is 18.3 Å². The summed E-state index contributed by atoms with van der Waals surface area (Å²) in [5.74, 6) is 2.22. The lowest BCUT2D eigenvalue weighted by atomic mass is 9.84. The van der Waals surface area contributed by atoms with Crippen LogP contribution in [0.15, 0.2) is 60.7 Å². The van der Waals surface area contributed by atoms with Gasteiger partial charge >= 0.3 is 0 Å². The van der Waals surface area contributed by atoms with Crippen LogP contribution in [-0.2, 0) is 6.54 Å². The quantitative estimate of drug-likeness (QED) is 0.658. The predicted octanol–water partition coefficient (Wildman–Crippen LogP) is 5.47. The fourth-order valence-electron chi connectivity index (χ4n) is 5.15. The molecule has 2 aromatic rings. The Labute approximate surface area is 146 Å². The summed E-state index contributed by atoms with van der Waals surface area (Å²) < 4.78 is 2.75. The molecule has 1 heterocycles. The van der Waals surface area contributed by atoms with Crippen LogP contribution in [0, 0.1) is 17.8 Å². The van der Waals surface area contributed by atoms with Crippen LogP contribution in [0.2, 0.25) is 0 Å². The topological polar surface area (TPSA) is 3.01 Å². The maximum atomic E-state index is 2.75. The number of hydrogen-bond acceptors (Lipinski definition) is 0. The van der Waals surface area contributed by atoms with Crippen LogP contribution in [0.3, 0.4) is 0 Å². The van der Waals surface area contributed by atoms with E-state index in [2.05, 4.69) is 79.1 Å². The first-order chi connectivity index (χ1) is 11.8. The summed E-state index contributed by atoms with van der Waals surface area (Å²) >= 11 is 0. The normalized spacial score (nSPS) is 26.2. The Morgan fingerprint density at radius 1 is 0.917 bits per heavy atom. The third kappa shape index (κ3) is 2.70. The van der Waals surface area contributed by atoms with Gasteiger partial charge in [0, 0.05) is 28.9 Å². The molecule has 0 radical (unpaired) electrons. The van der Waals surface area contributed by atoms with Crippen LogP contribution >= 0.6 is 0 Å². The fraction of sp³-hybridized carbons (Fsp3) is 0.435. The maximum absolute atomic E-state index is 2.75. The van der Waals surface area contributed by atoms with Gasteiger partial charge in [-0.25, -0.2) is 4.58 Å². The Balaban J connectivity index is 1.80. The Morgan fingerprint density at radius 2 is 1.58 bits per heavy atom. The lowest BCUT2D eigenvalue weighted by molar-refractivity contribution is -0.587. The molecule has 1 aliphatic heterocycles. The highest BCUT2D eigenvalue weighted by Gasteiger charge is 2.52. The van der Waals surface area contributed by atoms with Crippen molar-refractivity contribution in [3.63, 3.8) is 0 Å². The highest BCUT2D eigenvalue weighted by Crippen LogP contribution is 2.49. The first-order valence-corrected chi connectivity index (χ1v) is 9.48. The lowest BCUT2D eigenvalue weighted by Crippen LogP contribution is -2.25. The molecular weight excluding hydrogens is 290 g/mol. The zero-order chi connectivity index (χ0) is 16.5. The van der Waals surface area contributed by atoms with Crippen molar-refractivity contribution in [2.24, 2.45) is 17.8 Å². The van der Waals surface area contributed by atoms with Gasteiger partial charge in [0.25, 0.3) is 0 Å². The number of benzene rings is 2. The zero-order valence-corrected chi connectivity index (χ0v) is 14.9. The molecule has 124 valence electrons. The number of hydrogen-bond donors (Lipinski definition) is 0. The van der Waals surface area contributed by atoms with Crippen LogP contribution in [0.1, 0.15) is 50.3 Å². The summed E-state index contributed by atoms with van der Waals surface area (Å²) in [6.07, 6.45) is 4.16. The molecule has 1 nitrogen and oxygen atoms in total. The van der Waals surface area contributed by atoms with Crippen LogP contribution < -0.4 is 0 Å². The van der Waals surface area contributed by atoms with E-state index in [1.807, 2.05) is 0 Å². The minimum Gasteiger partial charge on any atom is -0.225 e. The number of nitrogens with zero attached hydrogens (tertiary/aromatic N) is 1. The molecule has 0 saturated heterocycles. The third-order valence-electron chi connectivity index (χ3n) is 5.95. The average Bonchev–Trinajstić information content (AvgIpc) is 3.16. The van der Waals surface area contributed by atoms with Gasteiger partial charge in [-0.15, -0.1) is 0 Å². The molecule has 2 aromatic carbocycles. The van der Waals surface area contributed by atoms with Crippen LogP contribution in [0.4, 0.5) is 0 Å². The molecule has 0 bridgehead atoms. The molecule has 1 fully saturated rings. The Hall–Kier alpha value is -1.89. The van der Waals surface area contributed by atoms with Crippen molar-refractivity contribution in [1.29, 1.82) is 0 Å². The second-order valence-electron chi connectivity index (χ2n) is 7.75. The van der Waals surface area contributed by atoms with E-state index in [1.165, 1.54) is 30.4 Å². The van der Waals surface area contributed by atoms with E-state index in [9.17, 15) is 0 Å². The Kier molecular flexibility index (Phi) is 4.26. The highest BCUT2D eigenvalue weighted by molar-refractivity contribution is 5.86. The van der Waals surface area contributed by atoms with Crippen molar-refractivity contribution in [3.8, 4) is 0 Å². The van der Waals surface area contributed by atoms with Crippen molar-refractivity contribution < 1.29 is 4.58 Å². The molecule has 0 N–H and O–H groups in total. The van der Waals surface area contributed by atoms with Crippen molar-refractivity contribution in [3.05, 3.63) is 71.8 Å². The first kappa shape index (κ1) is 15.6. The van der Waals surface area contributed by atoms with Gasteiger partial charge in [-0.1, -0.05) is 80.9 Å². The van der Waals surface area contributed by atoms with E-state index in [-0.39, 0.29) is 0 Å². The van der Waals surface area contributed by atoms with Gasteiger partial charge < -0.3 is 0 Å². The molecule has 0 spiro atoms. The zero-order valence-electron chi connectivity index (χ0n) is 14.9. The standard InChI is InChI=1S/C23H28N/c1-17(2)22-20-14-9-15-21(20)23(19-12-7-4-8-13-19)24(22)16-18-10-5-3-6-11-18/h3-8,10-13,17,20-21,23H,9,14-16H2,1-2H3/q+1/t20-,21+,23-/m0/s1. The van der Waals surface area contributed by atoms with Gasteiger partial charge in [0.2, 0.25) is 0 Å². The van der Waals surface area contributed by atoms with Gasteiger partial charge in [-0.3, -0.25) is 0 Å². The third-order valence-corrected chi connectivity index (χ3v) is 5.95. The van der Waals surface area contributed by atoms with Crippen LogP contribution in [0.25, 0.3) is 0 Å². The molecule has 0 unspecified atom stereocenters. The largest absolute Gasteiger partial charge is 0.225 e. The molecule has 0 amide bonds. The molecule has 1 aliphatic carbocycles. The van der Waals surface area contributed by atoms with Crippen molar-refractivity contribution in [2.75, 3.05) is 0 Å². The molecule has 0 aromatic heterocycles. The first-order valence-electron chi connectivity index (χ1n) is 9.48. The molecule has 4 rings (SSSR count). The average molecular weight is 318 g/mol. The number of rotatable bonds is 4. The van der Waals surface area contributed by atoms with Crippen LogP contribution in [0.5, 0.6) is 0 Å². The summed E-state index contributed by atoms with van der Waals surface area (Å²) in [5.41, 5.74) is 4.63. The second-order valence-corrected chi connectivity index (χ2v) is 7.75. The van der Waals surface area contributed by atoms with E-state index in [0.29, 0.717) is 12.0 Å². The van der Waals surface area contributed by atoms with Gasteiger partial charge in [0.05, 0.1) is 0 Å². The summed E-state index contributed by atoms with van der Waals surface area (Å²) in [5, 5.41) is 0. The van der Waals surface area contributed by atoms with Gasteiger partial charge in [0.1, 0.15) is 0 Å². The smallest absolute Gasteiger partial charge is 0.181 e. The van der Waals surface area contributed by atoms with Crippen LogP contribution in [-0.4, -0.2) is 10.3 Å². The van der Waals surface area contributed by atoms with Crippen molar-refractivity contribution in [2.45, 2.75) is 45.7 Å². The second kappa shape index (κ2) is 6.55. The molecular formula is C23H28N+. The molecule has 1 saturated carbocycles. The van der Waals surface area contributed by atoms with Crippen molar-refractivity contribution >= 4 is 5.71 Å². The van der Waals surface area contributed by atoms with E-state index in [0.717, 1.165) is 18.4 Å². The van der Waals surface area contributed by atoms with E-state index >= 15 is 0 Å². The molecule has 24 heavy (non-hydrogen) atoms. The molecule has 2 aliphatic rings. The van der Waals surface area contributed by atoms with E-state index in [1.54, 1.807) is 5.71 Å². The van der Waals surface area contributed by atoms with E-state index in [4.69, 9.17) is 0 Å². The Bertz CT molecular complexity index is 714. The minimum atomic E-state index is 0.552. The summed E-state index contributed by atoms with van der Waals surface area (Å²) in [6, 6.07) is 22.8. The predicted molar refractivity (Wildman–Crippen MR) is 100 cm³/mol. The highest BCUT2D eigenvalue weighted by atomic mass is 15.1. The van der Waals surface area contributed by atoms with Crippen molar-refractivity contribution in [1.82, 2.24) is 0 Å². The minimum absolute atomic E-state index is 0.552. The molecule has 3 atom stereocenters. The lowest BCUT2D eigenvalue weighted by Gasteiger charge is -2.18. The van der Waals surface area contributed by atoms with Gasteiger partial charge in [-0.05, 0) is 12.8 Å². The maximum Gasteiger partial charge on any atom is 0.181 e.